The van der Waals surface area contributed by atoms with Crippen LogP contribution in [0.25, 0.3) is 33.5 Å². The summed E-state index contributed by atoms with van der Waals surface area (Å²) in [6.45, 7) is 2.02. The summed E-state index contributed by atoms with van der Waals surface area (Å²) < 4.78 is 15.9. The maximum absolute atomic E-state index is 13.3. The molecule has 5 nitrogen and oxygen atoms in total. The van der Waals surface area contributed by atoms with Crippen molar-refractivity contribution in [1.29, 1.82) is 0 Å². The first kappa shape index (κ1) is 15.8. The van der Waals surface area contributed by atoms with Crippen molar-refractivity contribution in [2.24, 2.45) is 7.05 Å². The minimum absolute atomic E-state index is 0.281. The predicted octanol–water partition coefficient (Wildman–Crippen LogP) is 4.30. The van der Waals surface area contributed by atoms with E-state index in [9.17, 15) is 4.39 Å². The second kappa shape index (κ2) is 6.00. The molecule has 25 heavy (non-hydrogen) atoms. The van der Waals surface area contributed by atoms with E-state index in [0.717, 1.165) is 32.1 Å². The van der Waals surface area contributed by atoms with Crippen molar-refractivity contribution >= 4 is 26.8 Å². The van der Waals surface area contributed by atoms with Gasteiger partial charge in [0.05, 0.1) is 5.52 Å². The molecule has 0 amide bonds. The Hall–Kier alpha value is -2.67. The summed E-state index contributed by atoms with van der Waals surface area (Å²) in [5.41, 5.74) is 4.29. The minimum atomic E-state index is -0.281. The lowest BCUT2D eigenvalue weighted by Gasteiger charge is -2.12. The molecule has 4 rings (SSSR count). The molecule has 0 fully saturated rings. The molecule has 0 aliphatic heterocycles. The van der Waals surface area contributed by atoms with E-state index in [1.165, 1.54) is 12.1 Å². The molecule has 4 aromatic rings. The van der Waals surface area contributed by atoms with Crippen LogP contribution in [0.3, 0.4) is 0 Å². The molecule has 0 spiro atoms. The summed E-state index contributed by atoms with van der Waals surface area (Å²) in [6, 6.07) is 12.4. The lowest BCUT2D eigenvalue weighted by atomic mass is 10.0. The Morgan fingerprint density at radius 1 is 1.08 bits per heavy atom. The van der Waals surface area contributed by atoms with Crippen molar-refractivity contribution in [2.45, 2.75) is 6.92 Å². The molecular formula is C18H13BrFN5. The summed E-state index contributed by atoms with van der Waals surface area (Å²) in [4.78, 5) is 4.81. The number of aryl methyl sites for hydroxylation is 2. The molecule has 2 heterocycles. The van der Waals surface area contributed by atoms with E-state index in [2.05, 4.69) is 31.5 Å². The molecular weight excluding hydrogens is 385 g/mol. The lowest BCUT2D eigenvalue weighted by Crippen LogP contribution is -2.00. The third-order valence-electron chi connectivity index (χ3n) is 4.02. The van der Waals surface area contributed by atoms with Gasteiger partial charge in [-0.1, -0.05) is 28.1 Å². The Bertz CT molecular complexity index is 1090. The number of nitrogens with zero attached hydrogens (tertiary/aromatic N) is 5. The van der Waals surface area contributed by atoms with E-state index in [-0.39, 0.29) is 5.82 Å². The molecule has 7 heteroatoms. The Morgan fingerprint density at radius 3 is 2.52 bits per heavy atom. The van der Waals surface area contributed by atoms with E-state index in [4.69, 9.17) is 4.98 Å². The number of hydrogen-bond donors (Lipinski definition) is 0. The van der Waals surface area contributed by atoms with Crippen molar-refractivity contribution in [3.8, 4) is 22.6 Å². The fourth-order valence-electron chi connectivity index (χ4n) is 2.81. The van der Waals surface area contributed by atoms with Gasteiger partial charge in [0.2, 0.25) is 5.82 Å². The Labute approximate surface area is 151 Å². The van der Waals surface area contributed by atoms with Crippen LogP contribution in [-0.4, -0.2) is 25.2 Å². The van der Waals surface area contributed by atoms with Gasteiger partial charge >= 0.3 is 0 Å². The predicted molar refractivity (Wildman–Crippen MR) is 97.4 cm³/mol. The Morgan fingerprint density at radius 2 is 1.84 bits per heavy atom. The topological polar surface area (TPSA) is 56.5 Å². The summed E-state index contributed by atoms with van der Waals surface area (Å²) in [6.07, 6.45) is 0. The van der Waals surface area contributed by atoms with Crippen LogP contribution in [0.1, 0.15) is 5.56 Å². The molecule has 0 radical (unpaired) electrons. The van der Waals surface area contributed by atoms with E-state index >= 15 is 0 Å². The standard InChI is InChI=1S/C18H13BrFN5/c1-10-7-15(19)14-9-13(11-3-5-12(20)6-4-11)17(21-16(14)8-10)18-22-23-24-25(18)2/h3-9H,1-2H3. The SMILES string of the molecule is Cc1cc(Br)c2cc(-c3ccc(F)cc3)c(-c3nnnn3C)nc2c1. The lowest BCUT2D eigenvalue weighted by molar-refractivity contribution is 0.628. The smallest absolute Gasteiger partial charge is 0.201 e. The number of hydrogen-bond acceptors (Lipinski definition) is 4. The van der Waals surface area contributed by atoms with Gasteiger partial charge in [-0.05, 0) is 58.8 Å². The van der Waals surface area contributed by atoms with Gasteiger partial charge in [0.25, 0.3) is 0 Å². The molecule has 0 saturated carbocycles. The number of aromatic nitrogens is 5. The third-order valence-corrected chi connectivity index (χ3v) is 4.67. The van der Waals surface area contributed by atoms with Crippen molar-refractivity contribution < 1.29 is 4.39 Å². The zero-order valence-corrected chi connectivity index (χ0v) is 15.1. The molecule has 0 atom stereocenters. The number of tetrazole rings is 1. The van der Waals surface area contributed by atoms with E-state index < -0.39 is 0 Å². The van der Waals surface area contributed by atoms with Crippen molar-refractivity contribution in [3.63, 3.8) is 0 Å². The van der Waals surface area contributed by atoms with Crippen molar-refractivity contribution in [3.05, 3.63) is 58.3 Å². The molecule has 124 valence electrons. The Kier molecular flexibility index (Phi) is 3.80. The van der Waals surface area contributed by atoms with Gasteiger partial charge in [0, 0.05) is 22.5 Å². The highest BCUT2D eigenvalue weighted by Gasteiger charge is 2.17. The number of fused-ring (bicyclic) bond motifs is 1. The number of pyridine rings is 1. The van der Waals surface area contributed by atoms with Gasteiger partial charge in [-0.15, -0.1) is 5.10 Å². The average Bonchev–Trinajstić information content (AvgIpc) is 3.00. The quantitative estimate of drug-likeness (QED) is 0.505. The van der Waals surface area contributed by atoms with E-state index in [1.807, 2.05) is 25.1 Å². The average molecular weight is 398 g/mol. The monoisotopic (exact) mass is 397 g/mol. The second-order valence-corrected chi connectivity index (χ2v) is 6.69. The van der Waals surface area contributed by atoms with Crippen LogP contribution in [0, 0.1) is 12.7 Å². The number of halogens is 2. The van der Waals surface area contributed by atoms with Crippen LogP contribution in [0.15, 0.2) is 46.9 Å². The zero-order valence-electron chi connectivity index (χ0n) is 13.5. The molecule has 0 unspecified atom stereocenters. The van der Waals surface area contributed by atoms with E-state index in [1.54, 1.807) is 23.9 Å². The molecule has 2 aromatic heterocycles. The molecule has 0 saturated heterocycles. The molecule has 0 N–H and O–H groups in total. The normalized spacial score (nSPS) is 11.2. The maximum Gasteiger partial charge on any atom is 0.201 e. The number of rotatable bonds is 2. The van der Waals surface area contributed by atoms with Gasteiger partial charge in [-0.25, -0.2) is 14.1 Å². The van der Waals surface area contributed by atoms with Crippen LogP contribution < -0.4 is 0 Å². The van der Waals surface area contributed by atoms with Crippen LogP contribution in [0.4, 0.5) is 4.39 Å². The molecule has 0 aliphatic carbocycles. The number of benzene rings is 2. The first-order valence-corrected chi connectivity index (χ1v) is 8.42. The fraction of sp³-hybridized carbons (Fsp3) is 0.111. The van der Waals surface area contributed by atoms with Gasteiger partial charge in [-0.3, -0.25) is 0 Å². The fourth-order valence-corrected chi connectivity index (χ4v) is 3.49. The van der Waals surface area contributed by atoms with Gasteiger partial charge < -0.3 is 0 Å². The van der Waals surface area contributed by atoms with Crippen LogP contribution in [0.5, 0.6) is 0 Å². The van der Waals surface area contributed by atoms with Gasteiger partial charge in [0.15, 0.2) is 0 Å². The first-order valence-electron chi connectivity index (χ1n) is 7.62. The summed E-state index contributed by atoms with van der Waals surface area (Å²) in [7, 11) is 1.77. The van der Waals surface area contributed by atoms with E-state index in [0.29, 0.717) is 11.5 Å². The summed E-state index contributed by atoms with van der Waals surface area (Å²) in [5, 5.41) is 12.7. The summed E-state index contributed by atoms with van der Waals surface area (Å²) in [5.74, 6) is 0.273. The van der Waals surface area contributed by atoms with Crippen LogP contribution >= 0.6 is 15.9 Å². The van der Waals surface area contributed by atoms with Crippen LogP contribution in [-0.2, 0) is 7.05 Å². The zero-order chi connectivity index (χ0) is 17.6. The highest BCUT2D eigenvalue weighted by Crippen LogP contribution is 2.35. The van der Waals surface area contributed by atoms with Crippen molar-refractivity contribution in [2.75, 3.05) is 0 Å². The van der Waals surface area contributed by atoms with Crippen LogP contribution in [0.2, 0.25) is 0 Å². The van der Waals surface area contributed by atoms with Gasteiger partial charge in [-0.2, -0.15) is 0 Å². The summed E-state index contributed by atoms with van der Waals surface area (Å²) >= 11 is 3.61. The highest BCUT2D eigenvalue weighted by molar-refractivity contribution is 9.10. The molecule has 0 aliphatic rings. The molecule has 0 bridgehead atoms. The maximum atomic E-state index is 13.3. The Balaban J connectivity index is 2.07. The highest BCUT2D eigenvalue weighted by atomic mass is 79.9. The largest absolute Gasteiger partial charge is 0.244 e. The first-order chi connectivity index (χ1) is 12.0. The van der Waals surface area contributed by atoms with Crippen molar-refractivity contribution in [1.82, 2.24) is 25.2 Å². The second-order valence-electron chi connectivity index (χ2n) is 5.83. The minimum Gasteiger partial charge on any atom is -0.244 e. The van der Waals surface area contributed by atoms with Gasteiger partial charge in [0.1, 0.15) is 11.5 Å². The third kappa shape index (κ3) is 2.80. The molecule has 2 aromatic carbocycles.